The van der Waals surface area contributed by atoms with Crippen LogP contribution in [0.25, 0.3) is 0 Å². The molecule has 2 heterocycles. The third-order valence-electron chi connectivity index (χ3n) is 5.26. The predicted molar refractivity (Wildman–Crippen MR) is 101 cm³/mol. The van der Waals surface area contributed by atoms with Crippen molar-refractivity contribution in [3.63, 3.8) is 0 Å². The highest BCUT2D eigenvalue weighted by molar-refractivity contribution is 5.93. The smallest absolute Gasteiger partial charge is 0.407 e. The molecule has 2 aliphatic rings. The molecule has 2 unspecified atom stereocenters. The first-order chi connectivity index (χ1) is 13.6. The minimum atomic E-state index is -0.944. The van der Waals surface area contributed by atoms with E-state index in [1.165, 1.54) is 4.90 Å². The van der Waals surface area contributed by atoms with Crippen molar-refractivity contribution in [2.45, 2.75) is 57.4 Å². The van der Waals surface area contributed by atoms with Gasteiger partial charge in [-0.3, -0.25) is 4.79 Å². The van der Waals surface area contributed by atoms with Gasteiger partial charge in [-0.15, -0.1) is 0 Å². The number of carbonyl (C=O) groups is 2. The third-order valence-corrected chi connectivity index (χ3v) is 5.26. The second-order valence-electron chi connectivity index (χ2n) is 7.23. The molecule has 2 aliphatic heterocycles. The van der Waals surface area contributed by atoms with Gasteiger partial charge in [0.1, 0.15) is 0 Å². The fourth-order valence-electron chi connectivity index (χ4n) is 3.72. The number of nitrogens with one attached hydrogen (secondary N) is 1. The minimum Gasteiger partial charge on any atom is -0.465 e. The zero-order valence-corrected chi connectivity index (χ0v) is 16.2. The number of amides is 2. The van der Waals surface area contributed by atoms with E-state index in [0.717, 1.165) is 43.2 Å². The van der Waals surface area contributed by atoms with Gasteiger partial charge in [0.15, 0.2) is 6.29 Å². The van der Waals surface area contributed by atoms with Gasteiger partial charge >= 0.3 is 6.09 Å². The molecule has 0 radical (unpaired) electrons. The van der Waals surface area contributed by atoms with Crippen LogP contribution in [0, 0.1) is 0 Å². The van der Waals surface area contributed by atoms with Crippen molar-refractivity contribution in [1.82, 2.24) is 10.4 Å². The van der Waals surface area contributed by atoms with E-state index < -0.39 is 12.4 Å². The van der Waals surface area contributed by atoms with Crippen molar-refractivity contribution in [2.75, 3.05) is 20.3 Å². The second kappa shape index (κ2) is 9.86. The number of hydrogen-bond donors (Lipinski definition) is 2. The Kier molecular flexibility index (Phi) is 7.24. The van der Waals surface area contributed by atoms with Gasteiger partial charge in [0.2, 0.25) is 0 Å². The van der Waals surface area contributed by atoms with E-state index in [2.05, 4.69) is 5.48 Å². The van der Waals surface area contributed by atoms with Crippen LogP contribution in [-0.2, 0) is 27.3 Å². The summed E-state index contributed by atoms with van der Waals surface area (Å²) in [5.41, 5.74) is 4.82. The number of carbonyl (C=O) groups excluding carboxylic acids is 1. The van der Waals surface area contributed by atoms with Crippen molar-refractivity contribution >= 4 is 12.0 Å². The molecule has 0 aromatic heterocycles. The number of hydrogen-bond acceptors (Lipinski definition) is 5. The maximum Gasteiger partial charge on any atom is 0.407 e. The lowest BCUT2D eigenvalue weighted by Crippen LogP contribution is -2.43. The summed E-state index contributed by atoms with van der Waals surface area (Å²) in [4.78, 5) is 30.9. The molecule has 8 nitrogen and oxygen atoms in total. The van der Waals surface area contributed by atoms with Gasteiger partial charge in [-0.2, -0.15) is 0 Å². The van der Waals surface area contributed by atoms with Crippen LogP contribution >= 0.6 is 0 Å². The van der Waals surface area contributed by atoms with Crippen molar-refractivity contribution in [3.8, 4) is 0 Å². The monoisotopic (exact) mass is 392 g/mol. The number of nitrogens with zero attached hydrogens (tertiary/aromatic N) is 1. The first kappa shape index (κ1) is 20.6. The lowest BCUT2D eigenvalue weighted by molar-refractivity contribution is -0.186. The fraction of sp³-hybridized carbons (Fsp3) is 0.600. The zero-order valence-electron chi connectivity index (χ0n) is 16.2. The van der Waals surface area contributed by atoms with Crippen LogP contribution in [0.4, 0.5) is 4.79 Å². The quantitative estimate of drug-likeness (QED) is 0.547. The Balaban J connectivity index is 1.64. The molecule has 2 amide bonds. The van der Waals surface area contributed by atoms with Gasteiger partial charge in [-0.1, -0.05) is 6.07 Å². The second-order valence-corrected chi connectivity index (χ2v) is 7.23. The molecule has 2 N–H and O–H groups in total. The van der Waals surface area contributed by atoms with Crippen LogP contribution in [0.15, 0.2) is 18.2 Å². The lowest BCUT2D eigenvalue weighted by atomic mass is 9.90. The van der Waals surface area contributed by atoms with Gasteiger partial charge in [0, 0.05) is 44.9 Å². The van der Waals surface area contributed by atoms with Crippen LogP contribution in [-0.4, -0.2) is 54.7 Å². The average Bonchev–Trinajstić information content (AvgIpc) is 2.72. The molecule has 0 aliphatic carbocycles. The minimum absolute atomic E-state index is 0.0772. The number of ether oxygens (including phenoxy) is 2. The number of benzene rings is 1. The van der Waals surface area contributed by atoms with Crippen molar-refractivity contribution in [1.29, 1.82) is 0 Å². The van der Waals surface area contributed by atoms with E-state index in [4.69, 9.17) is 14.3 Å². The highest BCUT2D eigenvalue weighted by atomic mass is 16.8. The molecule has 1 saturated heterocycles. The number of methoxy groups -OCH3 is 1. The summed E-state index contributed by atoms with van der Waals surface area (Å²) in [5.74, 6) is -0.360. The van der Waals surface area contributed by atoms with Crippen LogP contribution in [0.5, 0.6) is 0 Å². The van der Waals surface area contributed by atoms with E-state index in [1.54, 1.807) is 19.2 Å². The van der Waals surface area contributed by atoms with Crippen LogP contribution < -0.4 is 5.48 Å². The summed E-state index contributed by atoms with van der Waals surface area (Å²) in [6, 6.07) is 5.33. The summed E-state index contributed by atoms with van der Waals surface area (Å²) in [6.07, 6.45) is 3.60. The number of fused-ring (bicyclic) bond motifs is 1. The number of carboxylic acid groups (broad SMARTS) is 1. The van der Waals surface area contributed by atoms with Crippen molar-refractivity contribution < 1.29 is 29.0 Å². The molecule has 0 bridgehead atoms. The van der Waals surface area contributed by atoms with E-state index in [-0.39, 0.29) is 18.5 Å². The molecule has 1 aromatic carbocycles. The molecule has 1 fully saturated rings. The van der Waals surface area contributed by atoms with Gasteiger partial charge in [-0.05, 0) is 55.4 Å². The summed E-state index contributed by atoms with van der Waals surface area (Å²) in [6.45, 7) is 1.52. The Morgan fingerprint density at radius 3 is 2.89 bits per heavy atom. The first-order valence-corrected chi connectivity index (χ1v) is 9.76. The van der Waals surface area contributed by atoms with Gasteiger partial charge in [0.25, 0.3) is 5.91 Å². The van der Waals surface area contributed by atoms with Gasteiger partial charge < -0.3 is 19.5 Å². The van der Waals surface area contributed by atoms with Gasteiger partial charge in [-0.25, -0.2) is 15.1 Å². The van der Waals surface area contributed by atoms with Gasteiger partial charge in [0.05, 0.1) is 0 Å². The Morgan fingerprint density at radius 1 is 1.32 bits per heavy atom. The largest absolute Gasteiger partial charge is 0.465 e. The molecule has 8 heteroatoms. The Labute approximate surface area is 164 Å². The summed E-state index contributed by atoms with van der Waals surface area (Å²) < 4.78 is 10.5. The zero-order chi connectivity index (χ0) is 19.9. The van der Waals surface area contributed by atoms with E-state index in [0.29, 0.717) is 25.2 Å². The van der Waals surface area contributed by atoms with Crippen molar-refractivity contribution in [2.24, 2.45) is 0 Å². The first-order valence-electron chi connectivity index (χ1n) is 9.76. The molecule has 0 saturated carbocycles. The van der Waals surface area contributed by atoms with E-state index in [9.17, 15) is 14.7 Å². The molecule has 1 aromatic rings. The van der Waals surface area contributed by atoms with E-state index >= 15 is 0 Å². The van der Waals surface area contributed by atoms with Crippen molar-refractivity contribution in [3.05, 3.63) is 34.9 Å². The molecule has 28 heavy (non-hydrogen) atoms. The molecule has 3 rings (SSSR count). The highest BCUT2D eigenvalue weighted by Gasteiger charge is 2.29. The fourth-order valence-corrected chi connectivity index (χ4v) is 3.72. The summed E-state index contributed by atoms with van der Waals surface area (Å²) >= 11 is 0. The number of hydroxylamine groups is 1. The van der Waals surface area contributed by atoms with Crippen LogP contribution in [0.2, 0.25) is 0 Å². The van der Waals surface area contributed by atoms with Crippen LogP contribution in [0.3, 0.4) is 0 Å². The molecular formula is C20H28N2O6. The highest BCUT2D eigenvalue weighted by Crippen LogP contribution is 2.27. The normalized spacial score (nSPS) is 21.8. The van der Waals surface area contributed by atoms with Crippen LogP contribution in [0.1, 0.15) is 53.6 Å². The Morgan fingerprint density at radius 2 is 2.18 bits per heavy atom. The van der Waals surface area contributed by atoms with E-state index in [1.807, 2.05) is 6.07 Å². The topological polar surface area (TPSA) is 97.3 Å². The Bertz CT molecular complexity index is 689. The lowest BCUT2D eigenvalue weighted by Gasteiger charge is -2.35. The standard InChI is InChI=1S/C20H28N2O6/c1-26-9-4-5-17-12-14-7-8-15(11-16(14)13-22(17)20(24)25)19(23)21-28-18-6-2-3-10-27-18/h7-8,11,17-18H,2-6,9-10,12-13H2,1H3,(H,21,23)(H,24,25). The summed E-state index contributed by atoms with van der Waals surface area (Å²) in [5, 5.41) is 9.58. The number of rotatable bonds is 7. The SMILES string of the molecule is COCCCC1Cc2ccc(C(=O)NOC3CCCCO3)cc2CN1C(=O)O. The average molecular weight is 392 g/mol. The predicted octanol–water partition coefficient (Wildman–Crippen LogP) is 2.71. The molecule has 2 atom stereocenters. The third kappa shape index (κ3) is 5.21. The Hall–Kier alpha value is -2.16. The molecule has 154 valence electrons. The summed E-state index contributed by atoms with van der Waals surface area (Å²) in [7, 11) is 1.64. The molecular weight excluding hydrogens is 364 g/mol. The maximum atomic E-state index is 12.4. The maximum absolute atomic E-state index is 12.4. The molecule has 0 spiro atoms.